The first-order chi connectivity index (χ1) is 30.0. The molecule has 0 spiro atoms. The molecular formula is C59H44N2. The lowest BCUT2D eigenvalue weighted by atomic mass is 9.82. The minimum absolute atomic E-state index is 0.109. The topological polar surface area (TPSA) is 6.48 Å². The van der Waals surface area contributed by atoms with E-state index in [1.807, 2.05) is 0 Å². The van der Waals surface area contributed by atoms with Crippen molar-refractivity contribution in [3.8, 4) is 11.1 Å². The summed E-state index contributed by atoms with van der Waals surface area (Å²) in [5.41, 5.74) is 14.4. The Hall–Kier alpha value is -7.68. The Balaban J connectivity index is 0.945. The van der Waals surface area contributed by atoms with E-state index < -0.39 is 0 Å². The molecule has 0 bridgehead atoms. The van der Waals surface area contributed by atoms with Crippen LogP contribution in [0, 0.1) is 0 Å². The van der Waals surface area contributed by atoms with Gasteiger partial charge in [-0.15, -0.1) is 0 Å². The van der Waals surface area contributed by atoms with Crippen molar-refractivity contribution in [3.63, 3.8) is 0 Å². The van der Waals surface area contributed by atoms with Gasteiger partial charge in [0.1, 0.15) is 0 Å². The van der Waals surface area contributed by atoms with E-state index in [1.165, 1.54) is 60.3 Å². The van der Waals surface area contributed by atoms with E-state index in [4.69, 9.17) is 0 Å². The first-order valence-corrected chi connectivity index (χ1v) is 21.2. The Morgan fingerprint density at radius 3 is 1.57 bits per heavy atom. The molecule has 11 rings (SSSR count). The summed E-state index contributed by atoms with van der Waals surface area (Å²) in [5.74, 6) is 0. The van der Waals surface area contributed by atoms with E-state index in [2.05, 4.69) is 254 Å². The fraction of sp³-hybridized carbons (Fsp3) is 0.0508. The molecule has 0 N–H and O–H groups in total. The zero-order valence-electron chi connectivity index (χ0n) is 34.3. The van der Waals surface area contributed by atoms with Crippen molar-refractivity contribution in [2.45, 2.75) is 19.3 Å². The molecule has 0 heterocycles. The number of fused-ring (bicyclic) bond motifs is 7. The lowest BCUT2D eigenvalue weighted by Gasteiger charge is -2.29. The molecule has 10 aromatic carbocycles. The van der Waals surface area contributed by atoms with Crippen LogP contribution in [0.3, 0.4) is 0 Å². The SMILES string of the molecule is CC1(C)c2ccccc2-c2ccc(N(c3ccc(/C=C/c4ccc(N(c5ccccc5)c5ccc6ccccc6c5)cc4)cc3)c3cc4ccccc4c4ccccc34)cc21. The molecule has 2 nitrogen and oxygen atoms in total. The third-order valence-electron chi connectivity index (χ3n) is 12.6. The summed E-state index contributed by atoms with van der Waals surface area (Å²) >= 11 is 0. The molecule has 0 fully saturated rings. The quantitative estimate of drug-likeness (QED) is 0.112. The van der Waals surface area contributed by atoms with Crippen molar-refractivity contribution in [2.24, 2.45) is 0 Å². The Bertz CT molecular complexity index is 3270. The van der Waals surface area contributed by atoms with Crippen LogP contribution in [0.4, 0.5) is 34.1 Å². The molecule has 0 saturated carbocycles. The van der Waals surface area contributed by atoms with E-state index in [-0.39, 0.29) is 5.41 Å². The summed E-state index contributed by atoms with van der Waals surface area (Å²) in [6.45, 7) is 4.71. The third kappa shape index (κ3) is 6.45. The van der Waals surface area contributed by atoms with Gasteiger partial charge in [0.2, 0.25) is 0 Å². The van der Waals surface area contributed by atoms with Crippen LogP contribution in [0.1, 0.15) is 36.1 Å². The summed E-state index contributed by atoms with van der Waals surface area (Å²) in [6, 6.07) is 79.5. The number of benzene rings is 10. The average Bonchev–Trinajstić information content (AvgIpc) is 3.55. The molecule has 0 atom stereocenters. The van der Waals surface area contributed by atoms with Crippen molar-refractivity contribution >= 4 is 78.6 Å². The molecule has 290 valence electrons. The van der Waals surface area contributed by atoms with E-state index in [1.54, 1.807) is 0 Å². The van der Waals surface area contributed by atoms with Crippen LogP contribution >= 0.6 is 0 Å². The zero-order valence-corrected chi connectivity index (χ0v) is 34.3. The molecule has 0 radical (unpaired) electrons. The second-order valence-corrected chi connectivity index (χ2v) is 16.6. The van der Waals surface area contributed by atoms with Gasteiger partial charge in [-0.25, -0.2) is 0 Å². The molecule has 0 saturated heterocycles. The van der Waals surface area contributed by atoms with Gasteiger partial charge in [-0.05, 0) is 127 Å². The summed E-state index contributed by atoms with van der Waals surface area (Å²) in [6.07, 6.45) is 4.42. The van der Waals surface area contributed by atoms with Gasteiger partial charge in [-0.2, -0.15) is 0 Å². The van der Waals surface area contributed by atoms with Crippen LogP contribution in [0.2, 0.25) is 0 Å². The standard InChI is InChI=1S/C59H44N2/c1-59(2)56-23-13-12-21-53(56)54-37-36-50(40-57(54)59)61(58-39-45-16-8-9-19-51(45)52-20-10-11-22-55(52)58)48-33-28-42(29-34-48)25-24-41-26-31-47(32-27-41)60(46-17-4-3-5-18-46)49-35-30-43-14-6-7-15-44(43)38-49/h3-40H,1-2H3/b25-24+. The van der Waals surface area contributed by atoms with Crippen molar-refractivity contribution < 1.29 is 0 Å². The van der Waals surface area contributed by atoms with Crippen molar-refractivity contribution in [3.05, 3.63) is 241 Å². The number of rotatable bonds is 8. The average molecular weight is 781 g/mol. The Morgan fingerprint density at radius 1 is 0.328 bits per heavy atom. The van der Waals surface area contributed by atoms with Crippen LogP contribution in [0.25, 0.3) is 55.6 Å². The molecule has 0 aromatic heterocycles. The first kappa shape index (κ1) is 36.4. The zero-order chi connectivity index (χ0) is 40.9. The smallest absolute Gasteiger partial charge is 0.0546 e. The monoisotopic (exact) mass is 780 g/mol. The second-order valence-electron chi connectivity index (χ2n) is 16.6. The van der Waals surface area contributed by atoms with Crippen LogP contribution in [0.15, 0.2) is 218 Å². The molecule has 2 heteroatoms. The molecule has 61 heavy (non-hydrogen) atoms. The molecule has 1 aliphatic rings. The number of hydrogen-bond acceptors (Lipinski definition) is 2. The molecule has 1 aliphatic carbocycles. The Labute approximate surface area is 357 Å². The molecule has 0 aliphatic heterocycles. The second kappa shape index (κ2) is 14.9. The lowest BCUT2D eigenvalue weighted by molar-refractivity contribution is 0.660. The fourth-order valence-corrected chi connectivity index (χ4v) is 9.48. The van der Waals surface area contributed by atoms with Crippen molar-refractivity contribution in [1.29, 1.82) is 0 Å². The number of anilines is 6. The predicted octanol–water partition coefficient (Wildman–Crippen LogP) is 16.6. The number of nitrogens with zero attached hydrogens (tertiary/aromatic N) is 2. The van der Waals surface area contributed by atoms with E-state index in [0.717, 1.165) is 39.6 Å². The molecular weight excluding hydrogens is 737 g/mol. The van der Waals surface area contributed by atoms with Gasteiger partial charge >= 0.3 is 0 Å². The predicted molar refractivity (Wildman–Crippen MR) is 261 cm³/mol. The lowest BCUT2D eigenvalue weighted by Crippen LogP contribution is -2.16. The minimum atomic E-state index is -0.109. The van der Waals surface area contributed by atoms with E-state index >= 15 is 0 Å². The Kier molecular flexibility index (Phi) is 8.86. The maximum Gasteiger partial charge on any atom is 0.0546 e. The molecule has 10 aromatic rings. The highest BCUT2D eigenvalue weighted by atomic mass is 15.1. The van der Waals surface area contributed by atoms with E-state index in [9.17, 15) is 0 Å². The van der Waals surface area contributed by atoms with Gasteiger partial charge in [0, 0.05) is 39.2 Å². The largest absolute Gasteiger partial charge is 0.310 e. The van der Waals surface area contributed by atoms with Crippen molar-refractivity contribution in [2.75, 3.05) is 9.80 Å². The molecule has 0 unspecified atom stereocenters. The summed E-state index contributed by atoms with van der Waals surface area (Å²) in [5, 5.41) is 7.43. The minimum Gasteiger partial charge on any atom is -0.310 e. The van der Waals surface area contributed by atoms with Crippen LogP contribution in [-0.4, -0.2) is 0 Å². The molecule has 0 amide bonds. The van der Waals surface area contributed by atoms with Crippen LogP contribution in [0.5, 0.6) is 0 Å². The highest BCUT2D eigenvalue weighted by Crippen LogP contribution is 2.51. The highest BCUT2D eigenvalue weighted by Gasteiger charge is 2.36. The Morgan fingerprint density at radius 2 is 0.836 bits per heavy atom. The highest BCUT2D eigenvalue weighted by molar-refractivity contribution is 6.14. The van der Waals surface area contributed by atoms with E-state index in [0.29, 0.717) is 0 Å². The summed E-state index contributed by atoms with van der Waals surface area (Å²) < 4.78 is 0. The van der Waals surface area contributed by atoms with Gasteiger partial charge in [0.15, 0.2) is 0 Å². The summed E-state index contributed by atoms with van der Waals surface area (Å²) in [4.78, 5) is 4.78. The first-order valence-electron chi connectivity index (χ1n) is 21.2. The van der Waals surface area contributed by atoms with Gasteiger partial charge in [-0.1, -0.05) is 178 Å². The fourth-order valence-electron chi connectivity index (χ4n) is 9.48. The maximum atomic E-state index is 2.45. The van der Waals surface area contributed by atoms with Crippen LogP contribution < -0.4 is 9.80 Å². The normalized spacial score (nSPS) is 12.8. The van der Waals surface area contributed by atoms with Gasteiger partial charge in [0.25, 0.3) is 0 Å². The van der Waals surface area contributed by atoms with Crippen LogP contribution in [-0.2, 0) is 5.41 Å². The third-order valence-corrected chi connectivity index (χ3v) is 12.6. The van der Waals surface area contributed by atoms with Crippen molar-refractivity contribution in [1.82, 2.24) is 0 Å². The maximum absolute atomic E-state index is 2.45. The van der Waals surface area contributed by atoms with Gasteiger partial charge in [-0.3, -0.25) is 0 Å². The summed E-state index contributed by atoms with van der Waals surface area (Å²) in [7, 11) is 0. The number of para-hydroxylation sites is 1. The van der Waals surface area contributed by atoms with Gasteiger partial charge in [0.05, 0.1) is 5.69 Å². The van der Waals surface area contributed by atoms with Gasteiger partial charge < -0.3 is 9.80 Å². The number of hydrogen-bond donors (Lipinski definition) is 0.